The topological polar surface area (TPSA) is 77.0 Å². The first-order chi connectivity index (χ1) is 7.81. The zero-order valence-corrected chi connectivity index (χ0v) is 8.87. The standard InChI is InChI=1S/C11H14N4O/c12-7-3-4-9-8-15(14-13-9)10-5-1-2-6-11(10)16/h1-2,5-6,8,16H,3-4,7,12H2. The summed E-state index contributed by atoms with van der Waals surface area (Å²) in [6.45, 7) is 0.642. The Morgan fingerprint density at radius 3 is 2.88 bits per heavy atom. The van der Waals surface area contributed by atoms with E-state index in [1.165, 1.54) is 0 Å². The number of benzene rings is 1. The molecule has 1 aromatic carbocycles. The van der Waals surface area contributed by atoms with Gasteiger partial charge in [0.1, 0.15) is 11.4 Å². The molecule has 1 aromatic heterocycles. The van der Waals surface area contributed by atoms with Gasteiger partial charge in [-0.05, 0) is 31.5 Å². The van der Waals surface area contributed by atoms with E-state index in [9.17, 15) is 5.11 Å². The molecule has 0 amide bonds. The van der Waals surface area contributed by atoms with Crippen molar-refractivity contribution in [2.45, 2.75) is 12.8 Å². The molecule has 0 radical (unpaired) electrons. The van der Waals surface area contributed by atoms with Crippen molar-refractivity contribution in [2.75, 3.05) is 6.54 Å². The highest BCUT2D eigenvalue weighted by molar-refractivity contribution is 5.44. The zero-order valence-electron chi connectivity index (χ0n) is 8.87. The SMILES string of the molecule is NCCCc1cn(-c2ccccc2O)nn1. The predicted molar refractivity (Wildman–Crippen MR) is 60.4 cm³/mol. The number of hydrogen-bond acceptors (Lipinski definition) is 4. The number of aromatic hydroxyl groups is 1. The molecular weight excluding hydrogens is 204 g/mol. The molecule has 1 heterocycles. The van der Waals surface area contributed by atoms with Crippen LogP contribution in [0.5, 0.6) is 5.75 Å². The molecule has 0 aliphatic carbocycles. The molecule has 5 heteroatoms. The maximum absolute atomic E-state index is 9.64. The van der Waals surface area contributed by atoms with Crippen LogP contribution in [0.25, 0.3) is 5.69 Å². The largest absolute Gasteiger partial charge is 0.506 e. The van der Waals surface area contributed by atoms with Gasteiger partial charge in [0.05, 0.1) is 11.9 Å². The van der Waals surface area contributed by atoms with Gasteiger partial charge < -0.3 is 10.8 Å². The van der Waals surface area contributed by atoms with Crippen LogP contribution >= 0.6 is 0 Å². The van der Waals surface area contributed by atoms with Crippen LogP contribution in [0, 0.1) is 0 Å². The summed E-state index contributed by atoms with van der Waals surface area (Å²) >= 11 is 0. The number of rotatable bonds is 4. The molecule has 0 bridgehead atoms. The fourth-order valence-corrected chi connectivity index (χ4v) is 1.47. The van der Waals surface area contributed by atoms with Crippen LogP contribution in [-0.4, -0.2) is 26.6 Å². The molecule has 3 N–H and O–H groups in total. The number of phenolic OH excluding ortho intramolecular Hbond substituents is 1. The molecule has 84 valence electrons. The molecule has 0 spiro atoms. The highest BCUT2D eigenvalue weighted by Crippen LogP contribution is 2.19. The molecule has 2 rings (SSSR count). The van der Waals surface area contributed by atoms with E-state index in [0.29, 0.717) is 12.2 Å². The molecule has 0 aliphatic rings. The summed E-state index contributed by atoms with van der Waals surface area (Å²) in [7, 11) is 0. The number of aromatic nitrogens is 3. The number of nitrogens with zero attached hydrogens (tertiary/aromatic N) is 3. The van der Waals surface area contributed by atoms with Crippen molar-refractivity contribution in [3.8, 4) is 11.4 Å². The van der Waals surface area contributed by atoms with Crippen LogP contribution in [-0.2, 0) is 6.42 Å². The summed E-state index contributed by atoms with van der Waals surface area (Å²) in [5.74, 6) is 0.192. The van der Waals surface area contributed by atoms with Crippen LogP contribution in [0.15, 0.2) is 30.5 Å². The van der Waals surface area contributed by atoms with E-state index in [1.807, 2.05) is 12.3 Å². The summed E-state index contributed by atoms with van der Waals surface area (Å²) in [4.78, 5) is 0. The fraction of sp³-hybridized carbons (Fsp3) is 0.273. The van der Waals surface area contributed by atoms with Crippen LogP contribution in [0.1, 0.15) is 12.1 Å². The van der Waals surface area contributed by atoms with Crippen LogP contribution in [0.2, 0.25) is 0 Å². The van der Waals surface area contributed by atoms with Gasteiger partial charge in [0.25, 0.3) is 0 Å². The van der Waals surface area contributed by atoms with Gasteiger partial charge in [0.15, 0.2) is 0 Å². The van der Waals surface area contributed by atoms with E-state index in [0.717, 1.165) is 18.5 Å². The normalized spacial score (nSPS) is 10.6. The van der Waals surface area contributed by atoms with Gasteiger partial charge in [-0.2, -0.15) is 0 Å². The van der Waals surface area contributed by atoms with Gasteiger partial charge in [0, 0.05) is 0 Å². The highest BCUT2D eigenvalue weighted by Gasteiger charge is 2.05. The van der Waals surface area contributed by atoms with E-state index in [2.05, 4.69) is 10.3 Å². The summed E-state index contributed by atoms with van der Waals surface area (Å²) < 4.78 is 1.57. The Hall–Kier alpha value is -1.88. The third kappa shape index (κ3) is 2.20. The molecule has 0 fully saturated rings. The highest BCUT2D eigenvalue weighted by atomic mass is 16.3. The molecular formula is C11H14N4O. The third-order valence-electron chi connectivity index (χ3n) is 2.31. The summed E-state index contributed by atoms with van der Waals surface area (Å²) in [5.41, 5.74) is 6.94. The van der Waals surface area contributed by atoms with Gasteiger partial charge in [-0.3, -0.25) is 0 Å². The minimum atomic E-state index is 0.192. The van der Waals surface area contributed by atoms with Crippen LogP contribution in [0.4, 0.5) is 0 Å². The minimum Gasteiger partial charge on any atom is -0.506 e. The van der Waals surface area contributed by atoms with Gasteiger partial charge in [-0.1, -0.05) is 17.3 Å². The molecule has 0 atom stereocenters. The Bertz CT molecular complexity index is 467. The number of aryl methyl sites for hydroxylation is 1. The first-order valence-corrected chi connectivity index (χ1v) is 5.21. The van der Waals surface area contributed by atoms with E-state index in [4.69, 9.17) is 5.73 Å². The third-order valence-corrected chi connectivity index (χ3v) is 2.31. The smallest absolute Gasteiger partial charge is 0.141 e. The van der Waals surface area contributed by atoms with Crippen molar-refractivity contribution in [1.82, 2.24) is 15.0 Å². The average molecular weight is 218 g/mol. The second kappa shape index (κ2) is 4.76. The lowest BCUT2D eigenvalue weighted by molar-refractivity contribution is 0.470. The van der Waals surface area contributed by atoms with Gasteiger partial charge in [-0.25, -0.2) is 4.68 Å². The molecule has 0 unspecified atom stereocenters. The Kier molecular flexibility index (Phi) is 3.16. The van der Waals surface area contributed by atoms with E-state index in [-0.39, 0.29) is 5.75 Å². The average Bonchev–Trinajstić information content (AvgIpc) is 2.75. The van der Waals surface area contributed by atoms with E-state index >= 15 is 0 Å². The lowest BCUT2D eigenvalue weighted by Gasteiger charge is -2.01. The Morgan fingerprint density at radius 1 is 1.31 bits per heavy atom. The minimum absolute atomic E-state index is 0.192. The number of para-hydroxylation sites is 2. The Morgan fingerprint density at radius 2 is 2.12 bits per heavy atom. The summed E-state index contributed by atoms with van der Waals surface area (Å²) in [5, 5.41) is 17.6. The van der Waals surface area contributed by atoms with Crippen molar-refractivity contribution in [3.05, 3.63) is 36.2 Å². The van der Waals surface area contributed by atoms with Crippen LogP contribution in [0.3, 0.4) is 0 Å². The number of phenols is 1. The van der Waals surface area contributed by atoms with Crippen LogP contribution < -0.4 is 5.73 Å². The lowest BCUT2D eigenvalue weighted by Crippen LogP contribution is -2.00. The first-order valence-electron chi connectivity index (χ1n) is 5.21. The van der Waals surface area contributed by atoms with Crippen molar-refractivity contribution in [2.24, 2.45) is 5.73 Å². The summed E-state index contributed by atoms with van der Waals surface area (Å²) in [6, 6.07) is 7.02. The van der Waals surface area contributed by atoms with Crippen molar-refractivity contribution in [3.63, 3.8) is 0 Å². The maximum atomic E-state index is 9.64. The molecule has 16 heavy (non-hydrogen) atoms. The van der Waals surface area contributed by atoms with Gasteiger partial charge in [0.2, 0.25) is 0 Å². The molecule has 0 saturated carbocycles. The van der Waals surface area contributed by atoms with E-state index in [1.54, 1.807) is 22.9 Å². The Labute approximate surface area is 93.5 Å². The molecule has 2 aromatic rings. The van der Waals surface area contributed by atoms with Crippen molar-refractivity contribution >= 4 is 0 Å². The zero-order chi connectivity index (χ0) is 11.4. The van der Waals surface area contributed by atoms with E-state index < -0.39 is 0 Å². The second-order valence-corrected chi connectivity index (χ2v) is 3.54. The maximum Gasteiger partial charge on any atom is 0.141 e. The molecule has 0 saturated heterocycles. The number of nitrogens with two attached hydrogens (primary N) is 1. The lowest BCUT2D eigenvalue weighted by atomic mass is 10.2. The first kappa shape index (κ1) is 10.6. The molecule has 0 aliphatic heterocycles. The predicted octanol–water partition coefficient (Wildman–Crippen LogP) is 0.864. The van der Waals surface area contributed by atoms with Crippen molar-refractivity contribution in [1.29, 1.82) is 0 Å². The van der Waals surface area contributed by atoms with Gasteiger partial charge >= 0.3 is 0 Å². The van der Waals surface area contributed by atoms with Gasteiger partial charge in [-0.15, -0.1) is 5.10 Å². The number of hydrogen-bond donors (Lipinski definition) is 2. The quantitative estimate of drug-likeness (QED) is 0.798. The second-order valence-electron chi connectivity index (χ2n) is 3.54. The summed E-state index contributed by atoms with van der Waals surface area (Å²) in [6.07, 6.45) is 3.51. The Balaban J connectivity index is 2.22. The van der Waals surface area contributed by atoms with Crippen molar-refractivity contribution < 1.29 is 5.11 Å². The fourth-order valence-electron chi connectivity index (χ4n) is 1.47. The monoisotopic (exact) mass is 218 g/mol. The molecule has 5 nitrogen and oxygen atoms in total.